The fourth-order valence-electron chi connectivity index (χ4n) is 1.29. The predicted octanol–water partition coefficient (Wildman–Crippen LogP) is 1.92. The van der Waals surface area contributed by atoms with Gasteiger partial charge in [-0.1, -0.05) is 6.07 Å². The molecule has 0 aliphatic carbocycles. The van der Waals surface area contributed by atoms with Crippen LogP contribution in [-0.2, 0) is 0 Å². The molecule has 0 unspecified atom stereocenters. The summed E-state index contributed by atoms with van der Waals surface area (Å²) in [6.07, 6.45) is 1.35. The molecule has 0 amide bonds. The fourth-order valence-corrected chi connectivity index (χ4v) is 1.29. The van der Waals surface area contributed by atoms with Crippen molar-refractivity contribution in [2.45, 2.75) is 0 Å². The van der Waals surface area contributed by atoms with Crippen LogP contribution in [0.15, 0.2) is 41.0 Å². The van der Waals surface area contributed by atoms with Crippen molar-refractivity contribution in [3.8, 4) is 11.5 Å². The third-order valence-electron chi connectivity index (χ3n) is 1.99. The number of hydrogen-bond donors (Lipinski definition) is 2. The molecule has 4 nitrogen and oxygen atoms in total. The van der Waals surface area contributed by atoms with Crippen molar-refractivity contribution in [3.63, 3.8) is 0 Å². The molecule has 0 aliphatic heterocycles. The monoisotopic (exact) mass is 204 g/mol. The molecule has 2 rings (SSSR count). The SMILES string of the molecule is O=C(c1ccco1)c1c(O)cccc1O. The van der Waals surface area contributed by atoms with E-state index in [1.165, 1.54) is 30.5 Å². The largest absolute Gasteiger partial charge is 0.507 e. The Morgan fingerprint density at radius 1 is 1.07 bits per heavy atom. The van der Waals surface area contributed by atoms with E-state index in [2.05, 4.69) is 0 Å². The van der Waals surface area contributed by atoms with E-state index in [9.17, 15) is 15.0 Å². The van der Waals surface area contributed by atoms with Crippen LogP contribution in [0, 0.1) is 0 Å². The van der Waals surface area contributed by atoms with Gasteiger partial charge in [-0.05, 0) is 24.3 Å². The van der Waals surface area contributed by atoms with E-state index in [4.69, 9.17) is 4.42 Å². The minimum Gasteiger partial charge on any atom is -0.507 e. The molecule has 0 saturated heterocycles. The Hall–Kier alpha value is -2.23. The van der Waals surface area contributed by atoms with Crippen LogP contribution in [-0.4, -0.2) is 16.0 Å². The molecule has 1 aromatic heterocycles. The van der Waals surface area contributed by atoms with Gasteiger partial charge in [0.1, 0.15) is 17.1 Å². The number of furan rings is 1. The topological polar surface area (TPSA) is 70.7 Å². The van der Waals surface area contributed by atoms with Crippen LogP contribution in [0.4, 0.5) is 0 Å². The molecule has 0 spiro atoms. The molecule has 76 valence electrons. The molecule has 15 heavy (non-hydrogen) atoms. The minimum atomic E-state index is -0.546. The Bertz CT molecular complexity index is 465. The third-order valence-corrected chi connectivity index (χ3v) is 1.99. The highest BCUT2D eigenvalue weighted by atomic mass is 16.3. The van der Waals surface area contributed by atoms with Crippen molar-refractivity contribution in [2.24, 2.45) is 0 Å². The van der Waals surface area contributed by atoms with E-state index in [0.717, 1.165) is 0 Å². The van der Waals surface area contributed by atoms with Gasteiger partial charge in [-0.2, -0.15) is 0 Å². The first-order valence-electron chi connectivity index (χ1n) is 4.29. The molecule has 0 aliphatic rings. The summed E-state index contributed by atoms with van der Waals surface area (Å²) in [6, 6.07) is 7.13. The van der Waals surface area contributed by atoms with Crippen LogP contribution in [0.1, 0.15) is 16.1 Å². The molecular weight excluding hydrogens is 196 g/mol. The summed E-state index contributed by atoms with van der Waals surface area (Å²) in [4.78, 5) is 11.7. The standard InChI is InChI=1S/C11H8O4/c12-7-3-1-4-8(13)10(7)11(14)9-5-2-6-15-9/h1-6,12-13H. The lowest BCUT2D eigenvalue weighted by molar-refractivity contribution is 0.100. The molecule has 0 saturated carbocycles. The van der Waals surface area contributed by atoms with Gasteiger partial charge >= 0.3 is 0 Å². The average molecular weight is 204 g/mol. The van der Waals surface area contributed by atoms with Crippen molar-refractivity contribution >= 4 is 5.78 Å². The zero-order valence-electron chi connectivity index (χ0n) is 7.68. The number of carbonyl (C=O) groups is 1. The van der Waals surface area contributed by atoms with Crippen LogP contribution in [0.5, 0.6) is 11.5 Å². The summed E-state index contributed by atoms with van der Waals surface area (Å²) in [5.41, 5.74) is -0.146. The molecule has 0 atom stereocenters. The lowest BCUT2D eigenvalue weighted by atomic mass is 10.1. The van der Waals surface area contributed by atoms with E-state index in [0.29, 0.717) is 0 Å². The smallest absolute Gasteiger partial charge is 0.235 e. The highest BCUT2D eigenvalue weighted by Crippen LogP contribution is 2.28. The highest BCUT2D eigenvalue weighted by molar-refractivity contribution is 6.10. The maximum atomic E-state index is 11.7. The predicted molar refractivity (Wildman–Crippen MR) is 51.9 cm³/mol. The van der Waals surface area contributed by atoms with E-state index in [1.54, 1.807) is 6.07 Å². The second kappa shape index (κ2) is 3.49. The zero-order chi connectivity index (χ0) is 10.8. The van der Waals surface area contributed by atoms with Gasteiger partial charge in [-0.3, -0.25) is 4.79 Å². The number of carbonyl (C=O) groups excluding carboxylic acids is 1. The molecule has 1 aromatic carbocycles. The first-order valence-corrected chi connectivity index (χ1v) is 4.29. The maximum Gasteiger partial charge on any atom is 0.235 e. The fraction of sp³-hybridized carbons (Fsp3) is 0. The molecule has 4 heteroatoms. The summed E-state index contributed by atoms with van der Waals surface area (Å²) in [6.45, 7) is 0. The molecule has 1 heterocycles. The van der Waals surface area contributed by atoms with Gasteiger partial charge in [-0.25, -0.2) is 0 Å². The van der Waals surface area contributed by atoms with Crippen molar-refractivity contribution in [2.75, 3.05) is 0 Å². The van der Waals surface area contributed by atoms with Gasteiger partial charge in [0, 0.05) is 0 Å². The summed E-state index contributed by atoms with van der Waals surface area (Å²) in [5, 5.41) is 18.9. The molecule has 2 N–H and O–H groups in total. The van der Waals surface area contributed by atoms with Gasteiger partial charge < -0.3 is 14.6 Å². The van der Waals surface area contributed by atoms with Crippen molar-refractivity contribution in [1.29, 1.82) is 0 Å². The molecule has 0 radical (unpaired) electrons. The van der Waals surface area contributed by atoms with Gasteiger partial charge in [0.2, 0.25) is 5.78 Å². The Labute approximate surface area is 85.4 Å². The van der Waals surface area contributed by atoms with Crippen molar-refractivity contribution < 1.29 is 19.4 Å². The minimum absolute atomic E-state index is 0.0757. The lowest BCUT2D eigenvalue weighted by Crippen LogP contribution is -2.00. The number of ketones is 1. The Morgan fingerprint density at radius 2 is 1.73 bits per heavy atom. The average Bonchev–Trinajstić information content (AvgIpc) is 2.69. The molecule has 2 aromatic rings. The van der Waals surface area contributed by atoms with Gasteiger partial charge in [-0.15, -0.1) is 0 Å². The lowest BCUT2D eigenvalue weighted by Gasteiger charge is -2.03. The van der Waals surface area contributed by atoms with Crippen LogP contribution in [0.2, 0.25) is 0 Å². The summed E-state index contributed by atoms with van der Waals surface area (Å²) in [5.74, 6) is -1.00. The number of aromatic hydroxyl groups is 2. The van der Waals surface area contributed by atoms with Crippen LogP contribution >= 0.6 is 0 Å². The van der Waals surface area contributed by atoms with Gasteiger partial charge in [0.15, 0.2) is 5.76 Å². The Morgan fingerprint density at radius 3 is 2.27 bits per heavy atom. The van der Waals surface area contributed by atoms with Gasteiger partial charge in [0.05, 0.1) is 6.26 Å². The van der Waals surface area contributed by atoms with Crippen LogP contribution in [0.3, 0.4) is 0 Å². The number of benzene rings is 1. The second-order valence-corrected chi connectivity index (χ2v) is 2.98. The first kappa shape index (κ1) is 9.33. The summed E-state index contributed by atoms with van der Waals surface area (Å²) >= 11 is 0. The number of phenols is 2. The zero-order valence-corrected chi connectivity index (χ0v) is 7.68. The Balaban J connectivity index is 2.51. The summed E-state index contributed by atoms with van der Waals surface area (Å²) < 4.78 is 4.89. The summed E-state index contributed by atoms with van der Waals surface area (Å²) in [7, 11) is 0. The van der Waals surface area contributed by atoms with E-state index in [1.807, 2.05) is 0 Å². The highest BCUT2D eigenvalue weighted by Gasteiger charge is 2.19. The third kappa shape index (κ3) is 1.57. The van der Waals surface area contributed by atoms with Crippen LogP contribution < -0.4 is 0 Å². The quantitative estimate of drug-likeness (QED) is 0.733. The van der Waals surface area contributed by atoms with Crippen molar-refractivity contribution in [3.05, 3.63) is 47.9 Å². The van der Waals surface area contributed by atoms with E-state index >= 15 is 0 Å². The van der Waals surface area contributed by atoms with Gasteiger partial charge in [0.25, 0.3) is 0 Å². The molecule has 0 bridgehead atoms. The number of rotatable bonds is 2. The number of phenolic OH excluding ortho intramolecular Hbond substituents is 2. The second-order valence-electron chi connectivity index (χ2n) is 2.98. The molecular formula is C11H8O4. The normalized spacial score (nSPS) is 10.1. The Kier molecular flexibility index (Phi) is 2.17. The van der Waals surface area contributed by atoms with E-state index in [-0.39, 0.29) is 22.8 Å². The molecule has 0 fully saturated rings. The number of hydrogen-bond acceptors (Lipinski definition) is 4. The first-order chi connectivity index (χ1) is 7.20. The maximum absolute atomic E-state index is 11.7. The van der Waals surface area contributed by atoms with Crippen molar-refractivity contribution in [1.82, 2.24) is 0 Å². The van der Waals surface area contributed by atoms with Crippen LogP contribution in [0.25, 0.3) is 0 Å². The van der Waals surface area contributed by atoms with E-state index < -0.39 is 5.78 Å².